The van der Waals surface area contributed by atoms with Crippen molar-refractivity contribution in [2.45, 2.75) is 39.3 Å². The molecular weight excluding hydrogens is 232 g/mol. The van der Waals surface area contributed by atoms with E-state index in [2.05, 4.69) is 39.3 Å². The first kappa shape index (κ1) is 13.7. The van der Waals surface area contributed by atoms with Crippen molar-refractivity contribution in [2.24, 2.45) is 0 Å². The molecule has 13 heavy (non-hydrogen) atoms. The third-order valence-electron chi connectivity index (χ3n) is 1.33. The van der Waals surface area contributed by atoms with Crippen molar-refractivity contribution in [1.82, 2.24) is 0 Å². The smallest absolute Gasteiger partial charge is 0.312 e. The largest absolute Gasteiger partial charge is 0.447 e. The summed E-state index contributed by atoms with van der Waals surface area (Å²) < 4.78 is 17.2. The van der Waals surface area contributed by atoms with E-state index in [4.69, 9.17) is 12.3 Å². The minimum atomic E-state index is -1.90. The second kappa shape index (κ2) is 5.01. The topological polar surface area (TPSA) is 27.7 Å². The van der Waals surface area contributed by atoms with Crippen LogP contribution in [0.3, 0.4) is 0 Å². The Morgan fingerprint density at radius 1 is 1.08 bits per heavy atom. The van der Waals surface area contributed by atoms with Gasteiger partial charge in [0.05, 0.1) is 0 Å². The normalized spacial score (nSPS) is 16.2. The Bertz CT molecular complexity index is 156. The number of rotatable bonds is 5. The lowest BCUT2D eigenvalue weighted by Gasteiger charge is -2.32. The molecule has 0 saturated heterocycles. The van der Waals surface area contributed by atoms with E-state index in [1.807, 2.05) is 0 Å². The molecule has 0 aliphatic carbocycles. The van der Waals surface area contributed by atoms with Crippen LogP contribution in [0.1, 0.15) is 0 Å². The fourth-order valence-corrected chi connectivity index (χ4v) is 12.2. The standard InChI is InChI=1S/C6H22O3Si4/c1-11(7-10)8-13(5,6)9-12(2,3)4/h11H,1-6,10H3. The van der Waals surface area contributed by atoms with Crippen molar-refractivity contribution >= 4 is 36.6 Å². The van der Waals surface area contributed by atoms with Crippen molar-refractivity contribution in [3.05, 3.63) is 0 Å². The van der Waals surface area contributed by atoms with Crippen LogP contribution in [0.2, 0.25) is 39.3 Å². The summed E-state index contributed by atoms with van der Waals surface area (Å²) in [6, 6.07) is 0. The molecule has 0 rings (SSSR count). The van der Waals surface area contributed by atoms with Gasteiger partial charge in [-0.1, -0.05) is 0 Å². The zero-order valence-corrected chi connectivity index (χ0v) is 15.0. The van der Waals surface area contributed by atoms with Gasteiger partial charge in [-0.3, -0.25) is 0 Å². The molecule has 0 aliphatic heterocycles. The monoisotopic (exact) mass is 254 g/mol. The van der Waals surface area contributed by atoms with Crippen molar-refractivity contribution in [3.8, 4) is 0 Å². The SMILES string of the molecule is C[SiH](O[SiH3])O[Si](C)(C)O[Si](C)(C)C. The van der Waals surface area contributed by atoms with E-state index in [0.29, 0.717) is 0 Å². The van der Waals surface area contributed by atoms with Crippen molar-refractivity contribution in [2.75, 3.05) is 0 Å². The van der Waals surface area contributed by atoms with Gasteiger partial charge < -0.3 is 12.3 Å². The van der Waals surface area contributed by atoms with E-state index in [0.717, 1.165) is 10.5 Å². The Balaban J connectivity index is 4.08. The fraction of sp³-hybridized carbons (Fsp3) is 1.00. The van der Waals surface area contributed by atoms with Gasteiger partial charge in [0.25, 0.3) is 9.28 Å². The molecule has 7 heteroatoms. The van der Waals surface area contributed by atoms with E-state index >= 15 is 0 Å². The Morgan fingerprint density at radius 2 is 1.54 bits per heavy atom. The Hall–Kier alpha value is 0.748. The summed E-state index contributed by atoms with van der Waals surface area (Å²) in [6.07, 6.45) is 0. The molecule has 0 aromatic heterocycles. The first-order chi connectivity index (χ1) is 5.66. The highest BCUT2D eigenvalue weighted by atomic mass is 28.5. The highest BCUT2D eigenvalue weighted by Crippen LogP contribution is 2.15. The molecule has 0 amide bonds. The van der Waals surface area contributed by atoms with Gasteiger partial charge in [-0.25, -0.2) is 0 Å². The minimum Gasteiger partial charge on any atom is -0.447 e. The molecule has 1 atom stereocenters. The van der Waals surface area contributed by atoms with Crippen LogP contribution in [0.15, 0.2) is 0 Å². The van der Waals surface area contributed by atoms with E-state index in [-0.39, 0.29) is 0 Å². The number of hydrogen-bond acceptors (Lipinski definition) is 3. The molecule has 0 bridgehead atoms. The molecule has 3 nitrogen and oxygen atoms in total. The van der Waals surface area contributed by atoms with Crippen LogP contribution >= 0.6 is 0 Å². The lowest BCUT2D eigenvalue weighted by molar-refractivity contribution is 0.361. The van der Waals surface area contributed by atoms with E-state index in [9.17, 15) is 0 Å². The molecule has 0 aromatic rings. The summed E-state index contributed by atoms with van der Waals surface area (Å²) in [7, 11) is -3.96. The Labute approximate surface area is 88.6 Å². The molecule has 0 aliphatic rings. The molecule has 0 radical (unpaired) electrons. The lowest BCUT2D eigenvalue weighted by atomic mass is 11.8. The summed E-state index contributed by atoms with van der Waals surface area (Å²) in [4.78, 5) is 0. The molecule has 0 spiro atoms. The second-order valence-electron chi connectivity index (χ2n) is 4.54. The van der Waals surface area contributed by atoms with Crippen LogP contribution in [0, 0.1) is 0 Å². The molecule has 1 unspecified atom stereocenters. The lowest BCUT2D eigenvalue weighted by Crippen LogP contribution is -2.48. The van der Waals surface area contributed by atoms with Crippen molar-refractivity contribution in [1.29, 1.82) is 0 Å². The van der Waals surface area contributed by atoms with E-state index in [1.165, 1.54) is 0 Å². The minimum absolute atomic E-state index is 0.773. The fourth-order valence-electron chi connectivity index (χ4n) is 1.21. The summed E-state index contributed by atoms with van der Waals surface area (Å²) in [6.45, 7) is 12.9. The van der Waals surface area contributed by atoms with Gasteiger partial charge in [0.1, 0.15) is 10.5 Å². The van der Waals surface area contributed by atoms with Gasteiger partial charge in [0, 0.05) is 0 Å². The van der Waals surface area contributed by atoms with Gasteiger partial charge in [0.2, 0.25) is 0 Å². The third-order valence-corrected chi connectivity index (χ3v) is 12.0. The highest BCUT2D eigenvalue weighted by molar-refractivity contribution is 6.83. The molecule has 0 N–H and O–H groups in total. The zero-order valence-electron chi connectivity index (χ0n) is 9.80. The molecule has 0 saturated carbocycles. The predicted octanol–water partition coefficient (Wildman–Crippen LogP) is 0.704. The van der Waals surface area contributed by atoms with Crippen molar-refractivity contribution in [3.63, 3.8) is 0 Å². The van der Waals surface area contributed by atoms with Gasteiger partial charge in [-0.05, 0) is 39.3 Å². The van der Waals surface area contributed by atoms with Crippen molar-refractivity contribution < 1.29 is 12.3 Å². The molecule has 80 valence electrons. The van der Waals surface area contributed by atoms with Crippen LogP contribution in [0.25, 0.3) is 0 Å². The summed E-state index contributed by atoms with van der Waals surface area (Å²) in [5, 5.41) is 0. The van der Waals surface area contributed by atoms with Crippen LogP contribution < -0.4 is 0 Å². The van der Waals surface area contributed by atoms with Gasteiger partial charge in [-0.2, -0.15) is 0 Å². The first-order valence-corrected chi connectivity index (χ1v) is 13.7. The molecule has 0 fully saturated rings. The zero-order chi connectivity index (χ0) is 10.7. The third kappa shape index (κ3) is 7.79. The summed E-state index contributed by atoms with van der Waals surface area (Å²) in [5.74, 6) is 0. The van der Waals surface area contributed by atoms with Gasteiger partial charge >= 0.3 is 8.56 Å². The highest BCUT2D eigenvalue weighted by Gasteiger charge is 2.33. The maximum Gasteiger partial charge on any atom is 0.312 e. The molecular formula is C6H22O3Si4. The van der Waals surface area contributed by atoms with Crippen LogP contribution in [0.5, 0.6) is 0 Å². The summed E-state index contributed by atoms with van der Waals surface area (Å²) >= 11 is 0. The Morgan fingerprint density at radius 3 is 1.85 bits per heavy atom. The molecule has 0 heterocycles. The maximum absolute atomic E-state index is 6.02. The average molecular weight is 255 g/mol. The maximum atomic E-state index is 6.02. The van der Waals surface area contributed by atoms with E-state index < -0.39 is 26.2 Å². The van der Waals surface area contributed by atoms with Gasteiger partial charge in [0.15, 0.2) is 8.32 Å². The Kier molecular flexibility index (Phi) is 5.29. The molecule has 0 aromatic carbocycles. The quantitative estimate of drug-likeness (QED) is 0.676. The van der Waals surface area contributed by atoms with E-state index in [1.54, 1.807) is 0 Å². The van der Waals surface area contributed by atoms with Crippen LogP contribution in [-0.2, 0) is 12.3 Å². The van der Waals surface area contributed by atoms with Crippen LogP contribution in [0.4, 0.5) is 0 Å². The predicted molar refractivity (Wildman–Crippen MR) is 67.0 cm³/mol. The average Bonchev–Trinajstić information content (AvgIpc) is 1.80. The summed E-state index contributed by atoms with van der Waals surface area (Å²) in [5.41, 5.74) is 0. The second-order valence-corrected chi connectivity index (χ2v) is 16.3. The first-order valence-electron chi connectivity index (χ1n) is 4.57. The number of hydrogen-bond donors (Lipinski definition) is 0. The van der Waals surface area contributed by atoms with Gasteiger partial charge in [-0.15, -0.1) is 0 Å². The van der Waals surface area contributed by atoms with Crippen LogP contribution in [-0.4, -0.2) is 36.6 Å².